The number of aryl methyl sites for hydroxylation is 1. The molecule has 1 N–H and O–H groups in total. The van der Waals surface area contributed by atoms with Crippen molar-refractivity contribution in [2.24, 2.45) is 13.0 Å². The number of nitrogens with zero attached hydrogens (tertiary/aromatic N) is 6. The molecule has 0 saturated carbocycles. The van der Waals surface area contributed by atoms with E-state index in [9.17, 15) is 4.79 Å². The van der Waals surface area contributed by atoms with E-state index in [1.54, 1.807) is 23.5 Å². The topological polar surface area (TPSA) is 82.5 Å². The summed E-state index contributed by atoms with van der Waals surface area (Å²) < 4.78 is 8.31. The molecule has 1 amide bonds. The van der Waals surface area contributed by atoms with Crippen LogP contribution in [0, 0.1) is 5.92 Å². The van der Waals surface area contributed by atoms with Crippen LogP contribution in [0.25, 0.3) is 0 Å². The minimum atomic E-state index is -0.0329. The van der Waals surface area contributed by atoms with Gasteiger partial charge in [0.05, 0.1) is 25.3 Å². The number of aromatic amines is 1. The fraction of sp³-hybridized carbons (Fsp3) is 0.552. The first-order chi connectivity index (χ1) is 18.4. The Morgan fingerprint density at radius 3 is 2.53 bits per heavy atom. The third kappa shape index (κ3) is 6.51. The Bertz CT molecular complexity index is 1160. The molecule has 1 aromatic carbocycles. The lowest BCUT2D eigenvalue weighted by atomic mass is 9.88. The molecule has 5 rings (SSSR count). The highest BCUT2D eigenvalue weighted by atomic mass is 16.5. The average molecular weight is 520 g/mol. The highest BCUT2D eigenvalue weighted by Gasteiger charge is 2.39. The third-order valence-electron chi connectivity index (χ3n) is 7.76. The molecule has 0 aliphatic carbocycles. The lowest BCUT2D eigenvalue weighted by molar-refractivity contribution is -0.138. The highest BCUT2D eigenvalue weighted by Crippen LogP contribution is 2.31. The number of amides is 1. The van der Waals surface area contributed by atoms with Crippen molar-refractivity contribution in [2.75, 3.05) is 39.3 Å². The predicted octanol–water partition coefficient (Wildman–Crippen LogP) is 3.31. The van der Waals surface area contributed by atoms with Gasteiger partial charge in [0.1, 0.15) is 11.6 Å². The lowest BCUT2D eigenvalue weighted by Gasteiger charge is -2.47. The summed E-state index contributed by atoms with van der Waals surface area (Å²) >= 11 is 0. The molecule has 9 nitrogen and oxygen atoms in total. The van der Waals surface area contributed by atoms with Gasteiger partial charge in [0.25, 0.3) is 5.91 Å². The number of H-pyrrole nitrogens is 1. The van der Waals surface area contributed by atoms with Gasteiger partial charge in [0.2, 0.25) is 0 Å². The minimum Gasteiger partial charge on any atom is -0.372 e. The summed E-state index contributed by atoms with van der Waals surface area (Å²) in [5, 5.41) is 0. The molecule has 0 unspecified atom stereocenters. The van der Waals surface area contributed by atoms with Crippen molar-refractivity contribution in [3.05, 3.63) is 71.8 Å². The molecule has 0 radical (unpaired) electrons. The Kier molecular flexibility index (Phi) is 8.26. The number of carbonyl (C=O) groups excluding carboxylic acids is 1. The maximum Gasteiger partial charge on any atom is 0.254 e. The van der Waals surface area contributed by atoms with Gasteiger partial charge in [-0.3, -0.25) is 9.69 Å². The first kappa shape index (κ1) is 26.6. The van der Waals surface area contributed by atoms with Gasteiger partial charge in [-0.15, -0.1) is 0 Å². The van der Waals surface area contributed by atoms with E-state index in [0.29, 0.717) is 24.6 Å². The summed E-state index contributed by atoms with van der Waals surface area (Å²) in [4.78, 5) is 32.2. The van der Waals surface area contributed by atoms with E-state index in [2.05, 4.69) is 50.7 Å². The van der Waals surface area contributed by atoms with Crippen molar-refractivity contribution in [2.45, 2.75) is 51.9 Å². The monoisotopic (exact) mass is 519 g/mol. The van der Waals surface area contributed by atoms with Crippen LogP contribution in [0.3, 0.4) is 0 Å². The van der Waals surface area contributed by atoms with Crippen molar-refractivity contribution in [3.8, 4) is 0 Å². The molecule has 38 heavy (non-hydrogen) atoms. The van der Waals surface area contributed by atoms with Crippen molar-refractivity contribution in [1.29, 1.82) is 0 Å². The smallest absolute Gasteiger partial charge is 0.254 e. The Hall–Kier alpha value is -3.01. The fourth-order valence-electron chi connectivity index (χ4n) is 5.70. The molecule has 2 aliphatic rings. The molecule has 0 atom stereocenters. The molecule has 3 aromatic rings. The molecule has 9 heteroatoms. The second kappa shape index (κ2) is 11.8. The highest BCUT2D eigenvalue weighted by molar-refractivity contribution is 5.94. The van der Waals surface area contributed by atoms with E-state index < -0.39 is 0 Å². The van der Waals surface area contributed by atoms with Crippen LogP contribution < -0.4 is 0 Å². The summed E-state index contributed by atoms with van der Waals surface area (Å²) in [6.45, 7) is 12.4. The number of rotatable bonds is 9. The number of hydrogen-bond donors (Lipinski definition) is 1. The standard InChI is InChI=1S/C29H41N7O2/c1-23(2)18-34-13-8-29(9-14-34)22-35(16-17-38-29)19-24-4-6-25(7-5-24)28(37)36(20-26-30-10-11-31-26)21-27-32-12-15-33(27)3/h4-7,10-12,15,23H,8-9,13-14,16-22H2,1-3H3,(H,30,31). The predicted molar refractivity (Wildman–Crippen MR) is 146 cm³/mol. The van der Waals surface area contributed by atoms with Gasteiger partial charge >= 0.3 is 0 Å². The van der Waals surface area contributed by atoms with Crippen molar-refractivity contribution < 1.29 is 9.53 Å². The average Bonchev–Trinajstić information content (AvgIpc) is 3.57. The number of piperidine rings is 1. The maximum absolute atomic E-state index is 13.5. The number of aromatic nitrogens is 4. The number of ether oxygens (including phenoxy) is 1. The number of benzene rings is 1. The van der Waals surface area contributed by atoms with Crippen molar-refractivity contribution in [1.82, 2.24) is 34.2 Å². The summed E-state index contributed by atoms with van der Waals surface area (Å²) in [6, 6.07) is 8.08. The minimum absolute atomic E-state index is 0.0149. The Morgan fingerprint density at radius 2 is 1.87 bits per heavy atom. The molecule has 4 heterocycles. The van der Waals surface area contributed by atoms with E-state index in [0.717, 1.165) is 63.8 Å². The van der Waals surface area contributed by atoms with Gasteiger partial charge in [0, 0.05) is 76.7 Å². The molecule has 0 bridgehead atoms. The SMILES string of the molecule is CC(C)CN1CCC2(CC1)CN(Cc1ccc(C(=O)N(Cc3ncc[nH]3)Cc3nccn3C)cc1)CCO2. The van der Waals surface area contributed by atoms with E-state index >= 15 is 0 Å². The number of imidazole rings is 2. The van der Waals surface area contributed by atoms with Crippen LogP contribution in [-0.4, -0.2) is 85.1 Å². The molecule has 2 aliphatic heterocycles. The normalized spacial score (nSPS) is 18.3. The van der Waals surface area contributed by atoms with Crippen LogP contribution in [0.5, 0.6) is 0 Å². The van der Waals surface area contributed by atoms with Gasteiger partial charge in [-0.1, -0.05) is 26.0 Å². The first-order valence-electron chi connectivity index (χ1n) is 13.8. The fourth-order valence-corrected chi connectivity index (χ4v) is 5.70. The van der Waals surface area contributed by atoms with E-state index in [1.807, 2.05) is 29.9 Å². The lowest BCUT2D eigenvalue weighted by Crippen LogP contribution is -2.56. The van der Waals surface area contributed by atoms with Gasteiger partial charge in [-0.25, -0.2) is 9.97 Å². The van der Waals surface area contributed by atoms with Crippen LogP contribution >= 0.6 is 0 Å². The molecule has 2 aromatic heterocycles. The van der Waals surface area contributed by atoms with Crippen molar-refractivity contribution >= 4 is 5.91 Å². The number of hydrogen-bond acceptors (Lipinski definition) is 6. The van der Waals surface area contributed by atoms with Crippen LogP contribution in [0.2, 0.25) is 0 Å². The van der Waals surface area contributed by atoms with E-state index in [4.69, 9.17) is 4.74 Å². The zero-order valence-corrected chi connectivity index (χ0v) is 23.0. The van der Waals surface area contributed by atoms with Gasteiger partial charge in [-0.2, -0.15) is 0 Å². The quantitative estimate of drug-likeness (QED) is 0.467. The molecule has 2 fully saturated rings. The maximum atomic E-state index is 13.5. The zero-order valence-electron chi connectivity index (χ0n) is 23.0. The number of morpholine rings is 1. The first-order valence-corrected chi connectivity index (χ1v) is 13.8. The zero-order chi connectivity index (χ0) is 26.5. The van der Waals surface area contributed by atoms with E-state index in [-0.39, 0.29) is 11.5 Å². The van der Waals surface area contributed by atoms with Crippen LogP contribution in [-0.2, 0) is 31.4 Å². The largest absolute Gasteiger partial charge is 0.372 e. The van der Waals surface area contributed by atoms with Crippen LogP contribution in [0.15, 0.2) is 49.1 Å². The Labute approximate surface area is 225 Å². The van der Waals surface area contributed by atoms with E-state index in [1.165, 1.54) is 12.1 Å². The van der Waals surface area contributed by atoms with Crippen LogP contribution in [0.4, 0.5) is 0 Å². The molecule has 1 spiro atoms. The molecular weight excluding hydrogens is 478 g/mol. The van der Waals surface area contributed by atoms with Crippen molar-refractivity contribution in [3.63, 3.8) is 0 Å². The molecule has 204 valence electrons. The van der Waals surface area contributed by atoms with Crippen LogP contribution in [0.1, 0.15) is 54.3 Å². The summed E-state index contributed by atoms with van der Waals surface area (Å²) in [7, 11) is 1.94. The Balaban J connectivity index is 1.21. The second-order valence-corrected chi connectivity index (χ2v) is 11.3. The number of carbonyl (C=O) groups is 1. The third-order valence-corrected chi connectivity index (χ3v) is 7.76. The Morgan fingerprint density at radius 1 is 1.08 bits per heavy atom. The van der Waals surface area contributed by atoms with Gasteiger partial charge in [0.15, 0.2) is 0 Å². The summed E-state index contributed by atoms with van der Waals surface area (Å²) in [5.74, 6) is 2.25. The van der Waals surface area contributed by atoms with Gasteiger partial charge < -0.3 is 24.1 Å². The molecule has 2 saturated heterocycles. The summed E-state index contributed by atoms with van der Waals surface area (Å²) in [6.07, 6.45) is 9.34. The van der Waals surface area contributed by atoms with Gasteiger partial charge in [-0.05, 0) is 36.5 Å². The number of likely N-dealkylation sites (tertiary alicyclic amines) is 1. The number of nitrogens with one attached hydrogen (secondary N) is 1. The second-order valence-electron chi connectivity index (χ2n) is 11.3. The molecular formula is C29H41N7O2. The summed E-state index contributed by atoms with van der Waals surface area (Å²) in [5.41, 5.74) is 1.88.